The number of nitrogens with zero attached hydrogens (tertiary/aromatic N) is 5. The second kappa shape index (κ2) is 11.8. The molecule has 1 saturated heterocycles. The van der Waals surface area contributed by atoms with E-state index < -0.39 is 14.9 Å². The number of sulfonamides is 1. The number of hydrogen-bond donors (Lipinski definition) is 0. The molecule has 0 radical (unpaired) electrons. The number of piperazine rings is 1. The van der Waals surface area contributed by atoms with E-state index in [1.165, 1.54) is 27.2 Å². The first-order chi connectivity index (χ1) is 19.6. The fourth-order valence-electron chi connectivity index (χ4n) is 4.89. The van der Waals surface area contributed by atoms with Crippen molar-refractivity contribution < 1.29 is 13.3 Å². The molecular formula is C29H28ClN5O5S. The van der Waals surface area contributed by atoms with Gasteiger partial charge < -0.3 is 4.90 Å². The molecule has 0 atom stereocenters. The number of aromatic nitrogens is 2. The van der Waals surface area contributed by atoms with E-state index in [4.69, 9.17) is 11.6 Å². The smallest absolute Gasteiger partial charge is 0.277 e. The topological polar surface area (TPSA) is 119 Å². The number of aryl methyl sites for hydroxylation is 1. The molecule has 1 fully saturated rings. The number of hydrogen-bond acceptors (Lipinski definition) is 7. The van der Waals surface area contributed by atoms with Gasteiger partial charge in [0.15, 0.2) is 0 Å². The van der Waals surface area contributed by atoms with Gasteiger partial charge in [0.25, 0.3) is 11.2 Å². The Bertz CT molecular complexity index is 1750. The highest BCUT2D eigenvalue weighted by atomic mass is 35.5. The second-order valence-corrected chi connectivity index (χ2v) is 12.3. The Morgan fingerprint density at radius 2 is 1.66 bits per heavy atom. The van der Waals surface area contributed by atoms with Crippen LogP contribution < -0.4 is 10.5 Å². The fourth-order valence-corrected chi connectivity index (χ4v) is 6.58. The summed E-state index contributed by atoms with van der Waals surface area (Å²) in [6.07, 6.45) is 2.03. The van der Waals surface area contributed by atoms with Crippen molar-refractivity contribution in [3.63, 3.8) is 0 Å². The Kier molecular flexibility index (Phi) is 8.20. The molecule has 3 aromatic carbocycles. The molecule has 0 N–H and O–H groups in total. The van der Waals surface area contributed by atoms with Gasteiger partial charge >= 0.3 is 0 Å². The number of rotatable bonds is 8. The summed E-state index contributed by atoms with van der Waals surface area (Å²) < 4.78 is 29.0. The van der Waals surface area contributed by atoms with Gasteiger partial charge in [0, 0.05) is 55.3 Å². The number of non-ortho nitro benzene ring substituents is 1. The van der Waals surface area contributed by atoms with Crippen molar-refractivity contribution >= 4 is 33.0 Å². The van der Waals surface area contributed by atoms with E-state index in [0.717, 1.165) is 11.1 Å². The van der Waals surface area contributed by atoms with Crippen LogP contribution in [0.4, 0.5) is 11.4 Å². The first kappa shape index (κ1) is 28.5. The summed E-state index contributed by atoms with van der Waals surface area (Å²) >= 11 is 6.17. The van der Waals surface area contributed by atoms with E-state index in [0.29, 0.717) is 47.0 Å². The van der Waals surface area contributed by atoms with Crippen LogP contribution in [-0.2, 0) is 22.2 Å². The summed E-state index contributed by atoms with van der Waals surface area (Å²) in [5, 5.41) is 16.0. The maximum atomic E-state index is 13.8. The fraction of sp³-hybridized carbons (Fsp3) is 0.241. The molecule has 2 heterocycles. The standard InChI is InChI=1S/C29H28ClN5O5S/c1-21-8-10-22(11-9-21)17-27-28(19-31-34(29(27)36)25-6-3-5-24(30)18-25)32-12-14-33(15-13-32)41(39,40)20-23-4-2-7-26(16-23)35(37)38/h2-11,16,18-19H,12-15,17,20H2,1H3. The summed E-state index contributed by atoms with van der Waals surface area (Å²) in [4.78, 5) is 26.3. The molecule has 0 saturated carbocycles. The number of benzene rings is 3. The van der Waals surface area contributed by atoms with Crippen molar-refractivity contribution in [2.45, 2.75) is 19.1 Å². The van der Waals surface area contributed by atoms with Crippen molar-refractivity contribution in [2.24, 2.45) is 0 Å². The van der Waals surface area contributed by atoms with E-state index in [1.807, 2.05) is 36.1 Å². The average Bonchev–Trinajstić information content (AvgIpc) is 2.95. The summed E-state index contributed by atoms with van der Waals surface area (Å²) in [5.74, 6) is -0.329. The van der Waals surface area contributed by atoms with E-state index in [-0.39, 0.29) is 30.1 Å². The van der Waals surface area contributed by atoms with Crippen molar-refractivity contribution in [1.82, 2.24) is 14.1 Å². The maximum Gasteiger partial charge on any atom is 0.277 e. The maximum absolute atomic E-state index is 13.8. The molecule has 1 aromatic heterocycles. The SMILES string of the molecule is Cc1ccc(Cc2c(N3CCN(S(=O)(=O)Cc4cccc([N+](=O)[O-])c4)CC3)cnn(-c3cccc(Cl)c3)c2=O)cc1. The lowest BCUT2D eigenvalue weighted by atomic mass is 10.0. The molecule has 1 aliphatic heterocycles. The summed E-state index contributed by atoms with van der Waals surface area (Å²) in [7, 11) is -3.71. The van der Waals surface area contributed by atoms with Crippen molar-refractivity contribution in [2.75, 3.05) is 31.1 Å². The molecule has 1 aliphatic rings. The predicted molar refractivity (Wildman–Crippen MR) is 158 cm³/mol. The summed E-state index contributed by atoms with van der Waals surface area (Å²) in [6.45, 7) is 3.13. The van der Waals surface area contributed by atoms with Crippen molar-refractivity contribution in [3.05, 3.63) is 127 Å². The van der Waals surface area contributed by atoms with Crippen LogP contribution in [0.25, 0.3) is 5.69 Å². The Labute approximate surface area is 242 Å². The van der Waals surface area contributed by atoms with Crippen molar-refractivity contribution in [1.29, 1.82) is 0 Å². The number of nitro groups is 1. The Morgan fingerprint density at radius 3 is 2.34 bits per heavy atom. The van der Waals surface area contributed by atoms with Crippen LogP contribution in [0.3, 0.4) is 0 Å². The minimum atomic E-state index is -3.71. The second-order valence-electron chi connectivity index (χ2n) is 9.94. The average molecular weight is 594 g/mol. The molecule has 0 amide bonds. The first-order valence-corrected chi connectivity index (χ1v) is 15.0. The molecule has 0 spiro atoms. The van der Waals surface area contributed by atoms with Crippen LogP contribution in [-0.4, -0.2) is 53.6 Å². The van der Waals surface area contributed by atoms with Gasteiger partial charge in [0.05, 0.1) is 28.2 Å². The lowest BCUT2D eigenvalue weighted by molar-refractivity contribution is -0.384. The molecule has 10 nitrogen and oxygen atoms in total. The minimum absolute atomic E-state index is 0.149. The lowest BCUT2D eigenvalue weighted by Gasteiger charge is -2.36. The molecule has 41 heavy (non-hydrogen) atoms. The van der Waals surface area contributed by atoms with Crippen LogP contribution in [0.5, 0.6) is 0 Å². The van der Waals surface area contributed by atoms with Crippen molar-refractivity contribution in [3.8, 4) is 5.69 Å². The highest BCUT2D eigenvalue weighted by Gasteiger charge is 2.29. The van der Waals surface area contributed by atoms with E-state index in [1.54, 1.807) is 36.5 Å². The van der Waals surface area contributed by atoms with Crippen LogP contribution in [0.2, 0.25) is 5.02 Å². The van der Waals surface area contributed by atoms with Crippen LogP contribution in [0.15, 0.2) is 83.8 Å². The van der Waals surface area contributed by atoms with E-state index >= 15 is 0 Å². The molecule has 5 rings (SSSR count). The first-order valence-electron chi connectivity index (χ1n) is 13.0. The zero-order chi connectivity index (χ0) is 29.1. The lowest BCUT2D eigenvalue weighted by Crippen LogP contribution is -2.49. The van der Waals surface area contributed by atoms with Gasteiger partial charge in [-0.15, -0.1) is 0 Å². The van der Waals surface area contributed by atoms with Gasteiger partial charge in [-0.05, 0) is 36.2 Å². The minimum Gasteiger partial charge on any atom is -0.367 e. The highest BCUT2D eigenvalue weighted by molar-refractivity contribution is 7.88. The van der Waals surface area contributed by atoms with Crippen LogP contribution in [0.1, 0.15) is 22.3 Å². The third kappa shape index (κ3) is 6.48. The third-order valence-corrected chi connectivity index (χ3v) is 9.14. The quantitative estimate of drug-likeness (QED) is 0.220. The van der Waals surface area contributed by atoms with Gasteiger partial charge in [0.2, 0.25) is 10.0 Å². The number of halogens is 1. The summed E-state index contributed by atoms with van der Waals surface area (Å²) in [5.41, 5.74) is 3.78. The molecule has 0 unspecified atom stereocenters. The molecule has 12 heteroatoms. The molecule has 4 aromatic rings. The Hall–Kier alpha value is -4.06. The largest absolute Gasteiger partial charge is 0.367 e. The predicted octanol–water partition coefficient (Wildman–Crippen LogP) is 4.35. The van der Waals surface area contributed by atoms with E-state index in [2.05, 4.69) is 5.10 Å². The van der Waals surface area contributed by atoms with E-state index in [9.17, 15) is 23.3 Å². The highest BCUT2D eigenvalue weighted by Crippen LogP contribution is 2.25. The third-order valence-electron chi connectivity index (χ3n) is 7.05. The van der Waals surface area contributed by atoms with Gasteiger partial charge in [0.1, 0.15) is 0 Å². The molecule has 0 bridgehead atoms. The summed E-state index contributed by atoms with van der Waals surface area (Å²) in [6, 6.07) is 20.6. The Morgan fingerprint density at radius 1 is 0.951 bits per heavy atom. The monoisotopic (exact) mass is 593 g/mol. The van der Waals surface area contributed by atoms with Crippen LogP contribution >= 0.6 is 11.6 Å². The van der Waals surface area contributed by atoms with Gasteiger partial charge in [-0.25, -0.2) is 8.42 Å². The Balaban J connectivity index is 1.40. The molecule has 0 aliphatic carbocycles. The zero-order valence-corrected chi connectivity index (χ0v) is 23.9. The van der Waals surface area contributed by atoms with Gasteiger partial charge in [-0.3, -0.25) is 14.9 Å². The van der Waals surface area contributed by atoms with Gasteiger partial charge in [-0.1, -0.05) is 59.6 Å². The number of nitro benzene ring substituents is 1. The normalized spacial score (nSPS) is 14.2. The molecule has 212 valence electrons. The molecular weight excluding hydrogens is 566 g/mol. The number of anilines is 1. The van der Waals surface area contributed by atoms with Crippen LogP contribution in [0, 0.1) is 17.0 Å². The zero-order valence-electron chi connectivity index (χ0n) is 22.3. The van der Waals surface area contributed by atoms with Gasteiger partial charge in [-0.2, -0.15) is 14.1 Å².